The third-order valence-electron chi connectivity index (χ3n) is 5.24. The zero-order valence-electron chi connectivity index (χ0n) is 15.3. The number of para-hydroxylation sites is 1. The number of carbonyl (C=O) groups is 2. The topological polar surface area (TPSA) is 81.2 Å². The monoisotopic (exact) mass is 362 g/mol. The Hall–Kier alpha value is -2.99. The third-order valence-corrected chi connectivity index (χ3v) is 5.24. The number of pyridine rings is 1. The molecule has 0 aliphatic carbocycles. The molecule has 0 radical (unpaired) electrons. The van der Waals surface area contributed by atoms with Gasteiger partial charge in [-0.2, -0.15) is 0 Å². The molecule has 2 N–H and O–H groups in total. The van der Waals surface area contributed by atoms with E-state index in [-0.39, 0.29) is 11.8 Å². The Balaban J connectivity index is 1.78. The first-order chi connectivity index (χ1) is 13.1. The van der Waals surface area contributed by atoms with Crippen molar-refractivity contribution in [3.63, 3.8) is 0 Å². The summed E-state index contributed by atoms with van der Waals surface area (Å²) in [7, 11) is 0. The van der Waals surface area contributed by atoms with Crippen molar-refractivity contribution < 1.29 is 9.59 Å². The van der Waals surface area contributed by atoms with Gasteiger partial charge in [0.1, 0.15) is 0 Å². The van der Waals surface area contributed by atoms with Gasteiger partial charge in [-0.25, -0.2) is 0 Å². The predicted octanol–water partition coefficient (Wildman–Crippen LogP) is 2.13. The van der Waals surface area contributed by atoms with E-state index in [1.165, 1.54) is 0 Å². The summed E-state index contributed by atoms with van der Waals surface area (Å²) < 4.78 is 1.70. The van der Waals surface area contributed by atoms with Crippen LogP contribution in [0.2, 0.25) is 0 Å². The molecule has 0 unspecified atom stereocenters. The van der Waals surface area contributed by atoms with Crippen molar-refractivity contribution in [3.05, 3.63) is 65.1 Å². The molecule has 0 bridgehead atoms. The lowest BCUT2D eigenvalue weighted by atomic mass is 9.96. The quantitative estimate of drug-likeness (QED) is 0.774. The highest BCUT2D eigenvalue weighted by atomic mass is 16.2. The van der Waals surface area contributed by atoms with E-state index in [0.29, 0.717) is 31.6 Å². The van der Waals surface area contributed by atoms with E-state index in [1.807, 2.05) is 30.5 Å². The van der Waals surface area contributed by atoms with Gasteiger partial charge < -0.3 is 10.6 Å². The van der Waals surface area contributed by atoms with E-state index in [4.69, 9.17) is 5.73 Å². The number of benzene rings is 1. The van der Waals surface area contributed by atoms with Crippen molar-refractivity contribution in [3.8, 4) is 0 Å². The first kappa shape index (κ1) is 17.4. The fourth-order valence-electron chi connectivity index (χ4n) is 3.85. The molecule has 6 heteroatoms. The number of hydrogen-bond acceptors (Lipinski definition) is 4. The van der Waals surface area contributed by atoms with Crippen molar-refractivity contribution in [1.82, 2.24) is 14.5 Å². The van der Waals surface area contributed by atoms with Crippen LogP contribution >= 0.6 is 0 Å². The van der Waals surface area contributed by atoms with Gasteiger partial charge in [0.25, 0.3) is 5.91 Å². The third kappa shape index (κ3) is 3.02. The lowest BCUT2D eigenvalue weighted by molar-refractivity contribution is -0.129. The van der Waals surface area contributed by atoms with E-state index < -0.39 is 0 Å². The van der Waals surface area contributed by atoms with Gasteiger partial charge in [0.05, 0.1) is 11.1 Å². The molecule has 1 aliphatic rings. The molecule has 0 atom stereocenters. The number of amides is 1. The fraction of sp³-hybridized carbons (Fsp3) is 0.286. The Labute approximate surface area is 157 Å². The van der Waals surface area contributed by atoms with Crippen LogP contribution in [0.4, 0.5) is 0 Å². The molecule has 3 aromatic rings. The summed E-state index contributed by atoms with van der Waals surface area (Å²) in [5, 5.41) is 1.05. The maximum Gasteiger partial charge on any atom is 0.264 e. The van der Waals surface area contributed by atoms with Gasteiger partial charge in [-0.05, 0) is 42.1 Å². The van der Waals surface area contributed by atoms with Crippen LogP contribution < -0.4 is 5.73 Å². The van der Waals surface area contributed by atoms with E-state index in [2.05, 4.69) is 4.98 Å². The van der Waals surface area contributed by atoms with Crippen molar-refractivity contribution in [2.24, 2.45) is 5.73 Å². The minimum atomic E-state index is -0.0879. The smallest absolute Gasteiger partial charge is 0.264 e. The first-order valence-electron chi connectivity index (χ1n) is 9.15. The minimum Gasteiger partial charge on any atom is -0.338 e. The first-order valence-corrected chi connectivity index (χ1v) is 9.15. The number of nitrogens with zero attached hydrogens (tertiary/aromatic N) is 3. The van der Waals surface area contributed by atoms with Gasteiger partial charge in [0.15, 0.2) is 0 Å². The average Bonchev–Trinajstić information content (AvgIpc) is 3.05. The number of rotatable bonds is 3. The molecule has 6 nitrogen and oxygen atoms in total. The summed E-state index contributed by atoms with van der Waals surface area (Å²) in [6.45, 7) is 3.23. The number of fused-ring (bicyclic) bond motifs is 2. The summed E-state index contributed by atoms with van der Waals surface area (Å²) >= 11 is 0. The standard InChI is InChI=1S/C21H22N4O2/c1-14(26)24-9-7-17-16(12-24)10-23-11-19(17)21(27)25-13-15(6-8-22)18-4-2-3-5-20(18)25/h2-5,10-11,13H,6-9,12,22H2,1H3. The maximum absolute atomic E-state index is 13.4. The Morgan fingerprint density at radius 2 is 2.04 bits per heavy atom. The summed E-state index contributed by atoms with van der Waals surface area (Å²) in [5.74, 6) is -0.0460. The predicted molar refractivity (Wildman–Crippen MR) is 103 cm³/mol. The molecule has 2 aromatic heterocycles. The molecule has 1 aliphatic heterocycles. The highest BCUT2D eigenvalue weighted by molar-refractivity contribution is 6.04. The van der Waals surface area contributed by atoms with Crippen LogP contribution in [-0.2, 0) is 24.2 Å². The molecular formula is C21H22N4O2. The Morgan fingerprint density at radius 1 is 1.22 bits per heavy atom. The minimum absolute atomic E-state index is 0.0419. The van der Waals surface area contributed by atoms with Crippen LogP contribution in [0.3, 0.4) is 0 Å². The highest BCUT2D eigenvalue weighted by Crippen LogP contribution is 2.26. The van der Waals surface area contributed by atoms with E-state index in [0.717, 1.165) is 34.0 Å². The van der Waals surface area contributed by atoms with E-state index in [1.54, 1.807) is 28.8 Å². The van der Waals surface area contributed by atoms with Crippen LogP contribution in [-0.4, -0.2) is 39.4 Å². The van der Waals surface area contributed by atoms with Gasteiger partial charge in [0, 0.05) is 44.0 Å². The maximum atomic E-state index is 13.4. The lowest BCUT2D eigenvalue weighted by Crippen LogP contribution is -2.35. The number of aromatic nitrogens is 2. The summed E-state index contributed by atoms with van der Waals surface area (Å²) in [5.41, 5.74) is 10.2. The Morgan fingerprint density at radius 3 is 2.81 bits per heavy atom. The molecule has 0 saturated heterocycles. The second-order valence-corrected chi connectivity index (χ2v) is 6.90. The molecule has 27 heavy (non-hydrogen) atoms. The Kier molecular flexibility index (Phi) is 4.49. The summed E-state index contributed by atoms with van der Waals surface area (Å²) in [4.78, 5) is 31.1. The van der Waals surface area contributed by atoms with Crippen LogP contribution in [0.5, 0.6) is 0 Å². The highest BCUT2D eigenvalue weighted by Gasteiger charge is 2.25. The molecule has 3 heterocycles. The van der Waals surface area contributed by atoms with Crippen LogP contribution in [0.1, 0.15) is 34.0 Å². The molecule has 0 saturated carbocycles. The zero-order chi connectivity index (χ0) is 19.0. The van der Waals surface area contributed by atoms with Crippen molar-refractivity contribution in [1.29, 1.82) is 0 Å². The molecule has 4 rings (SSSR count). The molecule has 0 spiro atoms. The summed E-state index contributed by atoms with van der Waals surface area (Å²) in [6, 6.07) is 7.88. The average molecular weight is 362 g/mol. The lowest BCUT2D eigenvalue weighted by Gasteiger charge is -2.28. The molecule has 0 fully saturated rings. The summed E-state index contributed by atoms with van der Waals surface area (Å²) in [6.07, 6.45) is 6.67. The molecular weight excluding hydrogens is 340 g/mol. The molecule has 1 aromatic carbocycles. The van der Waals surface area contributed by atoms with E-state index >= 15 is 0 Å². The number of hydrogen-bond donors (Lipinski definition) is 1. The van der Waals surface area contributed by atoms with Gasteiger partial charge in [-0.1, -0.05) is 18.2 Å². The van der Waals surface area contributed by atoms with Crippen LogP contribution in [0.25, 0.3) is 10.9 Å². The fourth-order valence-corrected chi connectivity index (χ4v) is 3.85. The van der Waals surface area contributed by atoms with Crippen LogP contribution in [0.15, 0.2) is 42.9 Å². The Bertz CT molecular complexity index is 1040. The van der Waals surface area contributed by atoms with Crippen molar-refractivity contribution in [2.75, 3.05) is 13.1 Å². The van der Waals surface area contributed by atoms with Gasteiger partial charge in [-0.3, -0.25) is 19.1 Å². The number of nitrogens with two attached hydrogens (primary N) is 1. The van der Waals surface area contributed by atoms with Gasteiger partial charge in [-0.15, -0.1) is 0 Å². The molecule has 1 amide bonds. The van der Waals surface area contributed by atoms with Crippen LogP contribution in [0, 0.1) is 0 Å². The normalized spacial score (nSPS) is 13.6. The molecule has 138 valence electrons. The largest absolute Gasteiger partial charge is 0.338 e. The van der Waals surface area contributed by atoms with Crippen molar-refractivity contribution in [2.45, 2.75) is 26.3 Å². The second-order valence-electron chi connectivity index (χ2n) is 6.90. The van der Waals surface area contributed by atoms with Gasteiger partial charge in [0.2, 0.25) is 5.91 Å². The number of carbonyl (C=O) groups excluding carboxylic acids is 2. The van der Waals surface area contributed by atoms with Gasteiger partial charge >= 0.3 is 0 Å². The zero-order valence-corrected chi connectivity index (χ0v) is 15.3. The SMILES string of the molecule is CC(=O)N1CCc2c(cncc2C(=O)n2cc(CCN)c3ccccc32)C1. The second kappa shape index (κ2) is 6.96. The van der Waals surface area contributed by atoms with E-state index in [9.17, 15) is 9.59 Å². The van der Waals surface area contributed by atoms with Crippen molar-refractivity contribution >= 4 is 22.7 Å².